The van der Waals surface area contributed by atoms with Crippen molar-refractivity contribution in [1.29, 1.82) is 0 Å². The molecule has 1 spiro atoms. The fraction of sp³-hybridized carbons (Fsp3) is 0.0361. The van der Waals surface area contributed by atoms with E-state index in [0.717, 1.165) is 68.2 Å². The van der Waals surface area contributed by atoms with Crippen molar-refractivity contribution < 1.29 is 0 Å². The van der Waals surface area contributed by atoms with E-state index in [1.54, 1.807) is 0 Å². The summed E-state index contributed by atoms with van der Waals surface area (Å²) >= 11 is 0. The zero-order valence-corrected chi connectivity index (χ0v) is 48.5. The van der Waals surface area contributed by atoms with Gasteiger partial charge in [-0.15, -0.1) is 0 Å². The number of rotatable bonds is 12. The molecule has 2 aliphatic carbocycles. The molecule has 0 atom stereocenters. The number of nitrogens with zero attached hydrogens (tertiary/aromatic N) is 4. The Hall–Kier alpha value is -11.2. The van der Waals surface area contributed by atoms with Gasteiger partial charge in [0.1, 0.15) is 0 Å². The summed E-state index contributed by atoms with van der Waals surface area (Å²) < 4.78 is 0. The van der Waals surface area contributed by atoms with Crippen molar-refractivity contribution in [2.45, 2.75) is 19.3 Å². The standard InChI is InChI=1S/C83H60N4/c1-57-31-37-65(38-32-57)86(66-39-33-58(2)34-40-66)71-49-53-73-59(55-71)35-51-77-78-52-36-60-56-72(50-54-74(60)82(78)83(81(73)77)79-29-17-15-27-75(79)76-28-16-18-30-80(76)83)87(69-45-41-67(42-46-69)84(61-19-7-3-8-20-61)62-21-9-4-10-22-62)70-47-43-68(44-48-70)85(63-23-11-5-12-24-63)64-25-13-6-14-26-64/h3-56H,1-2H3. The highest BCUT2D eigenvalue weighted by Crippen LogP contribution is 2.65. The average Bonchev–Trinajstić information content (AvgIpc) is 1.51. The minimum absolute atomic E-state index is 0.606. The first-order valence-corrected chi connectivity index (χ1v) is 30.1. The van der Waals surface area contributed by atoms with E-state index in [1.165, 1.54) is 77.2 Å². The molecule has 2 aliphatic rings. The van der Waals surface area contributed by atoms with Gasteiger partial charge in [0, 0.05) is 68.2 Å². The lowest BCUT2D eigenvalue weighted by Gasteiger charge is -2.33. The zero-order chi connectivity index (χ0) is 58.0. The maximum atomic E-state index is 2.41. The Kier molecular flexibility index (Phi) is 12.5. The van der Waals surface area contributed by atoms with E-state index >= 15 is 0 Å². The second-order valence-electron chi connectivity index (χ2n) is 23.0. The maximum absolute atomic E-state index is 2.41. The predicted molar refractivity (Wildman–Crippen MR) is 366 cm³/mol. The molecule has 0 bridgehead atoms. The van der Waals surface area contributed by atoms with Crippen LogP contribution in [-0.2, 0) is 5.41 Å². The van der Waals surface area contributed by atoms with E-state index in [4.69, 9.17) is 0 Å². The van der Waals surface area contributed by atoms with Crippen molar-refractivity contribution in [3.05, 3.63) is 361 Å². The average molecular weight is 1110 g/mol. The normalized spacial score (nSPS) is 12.3. The van der Waals surface area contributed by atoms with Gasteiger partial charge in [-0.25, -0.2) is 0 Å². The number of benzene rings is 14. The molecule has 0 heterocycles. The summed E-state index contributed by atoms with van der Waals surface area (Å²) in [5.41, 5.74) is 25.4. The van der Waals surface area contributed by atoms with Crippen LogP contribution in [0.1, 0.15) is 33.4 Å². The van der Waals surface area contributed by atoms with Crippen molar-refractivity contribution in [3.8, 4) is 22.3 Å². The van der Waals surface area contributed by atoms with Crippen LogP contribution in [0.15, 0.2) is 328 Å². The van der Waals surface area contributed by atoms with Crippen LogP contribution in [0.25, 0.3) is 43.8 Å². The van der Waals surface area contributed by atoms with Crippen molar-refractivity contribution in [2.75, 3.05) is 19.6 Å². The first kappa shape index (κ1) is 51.4. The van der Waals surface area contributed by atoms with Crippen LogP contribution < -0.4 is 19.6 Å². The van der Waals surface area contributed by atoms with Gasteiger partial charge in [0.25, 0.3) is 0 Å². The molecule has 87 heavy (non-hydrogen) atoms. The van der Waals surface area contributed by atoms with E-state index in [9.17, 15) is 0 Å². The van der Waals surface area contributed by atoms with E-state index in [2.05, 4.69) is 361 Å². The van der Waals surface area contributed by atoms with Crippen molar-refractivity contribution in [1.82, 2.24) is 0 Å². The molecule has 14 aromatic rings. The zero-order valence-electron chi connectivity index (χ0n) is 48.5. The number of aryl methyl sites for hydroxylation is 2. The Labute approximate surface area is 509 Å². The molecule has 14 aromatic carbocycles. The van der Waals surface area contributed by atoms with Crippen molar-refractivity contribution >= 4 is 89.8 Å². The summed E-state index contributed by atoms with van der Waals surface area (Å²) in [7, 11) is 0. The lowest BCUT2D eigenvalue weighted by atomic mass is 9.68. The quantitative estimate of drug-likeness (QED) is 0.121. The smallest absolute Gasteiger partial charge is 0.0737 e. The minimum Gasteiger partial charge on any atom is -0.311 e. The molecule has 0 radical (unpaired) electrons. The summed E-state index contributed by atoms with van der Waals surface area (Å²) in [5.74, 6) is 0. The molecular weight excluding hydrogens is 1050 g/mol. The summed E-state index contributed by atoms with van der Waals surface area (Å²) in [6, 6.07) is 121. The second-order valence-corrected chi connectivity index (χ2v) is 23.0. The molecule has 0 saturated carbocycles. The first-order valence-electron chi connectivity index (χ1n) is 30.1. The van der Waals surface area contributed by atoms with Gasteiger partial charge in [-0.1, -0.05) is 193 Å². The van der Waals surface area contributed by atoms with Crippen LogP contribution in [0.2, 0.25) is 0 Å². The highest BCUT2D eigenvalue weighted by atomic mass is 15.2. The molecule has 4 nitrogen and oxygen atoms in total. The monoisotopic (exact) mass is 1110 g/mol. The number of hydrogen-bond donors (Lipinski definition) is 0. The van der Waals surface area contributed by atoms with E-state index in [-0.39, 0.29) is 0 Å². The molecule has 0 aliphatic heterocycles. The number of anilines is 12. The van der Waals surface area contributed by atoms with Crippen LogP contribution in [-0.4, -0.2) is 0 Å². The van der Waals surface area contributed by atoms with E-state index < -0.39 is 5.41 Å². The van der Waals surface area contributed by atoms with Crippen LogP contribution in [0.3, 0.4) is 0 Å². The lowest BCUT2D eigenvalue weighted by Crippen LogP contribution is -2.26. The molecule has 0 fully saturated rings. The predicted octanol–water partition coefficient (Wildman–Crippen LogP) is 22.8. The summed E-state index contributed by atoms with van der Waals surface area (Å²) in [5, 5.41) is 4.87. The third-order valence-electron chi connectivity index (χ3n) is 17.9. The van der Waals surface area contributed by atoms with Gasteiger partial charge < -0.3 is 19.6 Å². The third-order valence-corrected chi connectivity index (χ3v) is 17.9. The fourth-order valence-corrected chi connectivity index (χ4v) is 14.1. The van der Waals surface area contributed by atoms with E-state index in [0.29, 0.717) is 0 Å². The van der Waals surface area contributed by atoms with Gasteiger partial charge in [0.15, 0.2) is 0 Å². The molecule has 0 saturated heterocycles. The molecular formula is C83H60N4. The van der Waals surface area contributed by atoms with E-state index in [1.807, 2.05) is 0 Å². The van der Waals surface area contributed by atoms with Crippen LogP contribution >= 0.6 is 0 Å². The summed E-state index contributed by atoms with van der Waals surface area (Å²) in [6.07, 6.45) is 0. The van der Waals surface area contributed by atoms with Gasteiger partial charge >= 0.3 is 0 Å². The van der Waals surface area contributed by atoms with Crippen LogP contribution in [0.4, 0.5) is 68.2 Å². The number of fused-ring (bicyclic) bond motifs is 14. The molecule has 0 amide bonds. The molecule has 16 rings (SSSR count). The Bertz CT molecular complexity index is 4560. The molecule has 0 N–H and O–H groups in total. The first-order chi connectivity index (χ1) is 43.0. The molecule has 0 unspecified atom stereocenters. The van der Waals surface area contributed by atoms with Crippen molar-refractivity contribution in [2.24, 2.45) is 0 Å². The minimum atomic E-state index is -0.606. The van der Waals surface area contributed by atoms with Crippen LogP contribution in [0, 0.1) is 13.8 Å². The highest BCUT2D eigenvalue weighted by molar-refractivity contribution is 6.10. The largest absolute Gasteiger partial charge is 0.311 e. The summed E-state index contributed by atoms with van der Waals surface area (Å²) in [6.45, 7) is 4.30. The van der Waals surface area contributed by atoms with Gasteiger partial charge in [-0.05, 0) is 225 Å². The Balaban J connectivity index is 0.872. The SMILES string of the molecule is Cc1ccc(N(c2ccc(C)cc2)c2ccc3c4c(ccc3c2)-c2ccc3cc(N(c5ccc(N(c6ccccc6)c6ccccc6)cc5)c5ccc(N(c6ccccc6)c6ccccc6)cc5)ccc3c2C42c3ccccc3-c3ccccc32)cc1. The maximum Gasteiger partial charge on any atom is 0.0737 e. The Morgan fingerprint density at radius 3 is 0.782 bits per heavy atom. The second kappa shape index (κ2) is 21.1. The topological polar surface area (TPSA) is 13.0 Å². The van der Waals surface area contributed by atoms with Gasteiger partial charge in [0.2, 0.25) is 0 Å². The van der Waals surface area contributed by atoms with Gasteiger partial charge in [-0.2, -0.15) is 0 Å². The molecule has 412 valence electrons. The Morgan fingerprint density at radius 1 is 0.207 bits per heavy atom. The fourth-order valence-electron chi connectivity index (χ4n) is 14.1. The lowest BCUT2D eigenvalue weighted by molar-refractivity contribution is 0.809. The highest BCUT2D eigenvalue weighted by Gasteiger charge is 2.53. The number of para-hydroxylation sites is 4. The van der Waals surface area contributed by atoms with Crippen LogP contribution in [0.5, 0.6) is 0 Å². The Morgan fingerprint density at radius 2 is 0.460 bits per heavy atom. The number of hydrogen-bond acceptors (Lipinski definition) is 4. The van der Waals surface area contributed by atoms with Gasteiger partial charge in [0.05, 0.1) is 5.41 Å². The van der Waals surface area contributed by atoms with Gasteiger partial charge in [-0.3, -0.25) is 0 Å². The summed E-state index contributed by atoms with van der Waals surface area (Å²) in [4.78, 5) is 9.45. The third kappa shape index (κ3) is 8.59. The molecule has 0 aromatic heterocycles. The van der Waals surface area contributed by atoms with Crippen molar-refractivity contribution in [3.63, 3.8) is 0 Å². The molecule has 4 heteroatoms.